The van der Waals surface area contributed by atoms with Crippen LogP contribution in [0.25, 0.3) is 0 Å². The number of carbonyl (C=O) groups is 1. The van der Waals surface area contributed by atoms with E-state index in [0.29, 0.717) is 12.3 Å². The molecule has 1 aromatic rings. The Labute approximate surface area is 82.1 Å². The van der Waals surface area contributed by atoms with E-state index in [-0.39, 0.29) is 12.3 Å². The molecule has 0 aliphatic carbocycles. The van der Waals surface area contributed by atoms with E-state index in [2.05, 4.69) is 9.97 Å². The van der Waals surface area contributed by atoms with Crippen molar-refractivity contribution in [1.82, 2.24) is 9.97 Å². The number of hydrogen-bond donors (Lipinski definition) is 2. The predicted octanol–water partition coefficient (Wildman–Crippen LogP) is 0.859. The summed E-state index contributed by atoms with van der Waals surface area (Å²) in [6, 6.07) is 0. The molecule has 5 heteroatoms. The zero-order chi connectivity index (χ0) is 10.4. The first-order valence-electron chi connectivity index (χ1n) is 4.59. The number of rotatable bonds is 5. The summed E-state index contributed by atoms with van der Waals surface area (Å²) in [6.07, 6.45) is 3.17. The van der Waals surface area contributed by atoms with Crippen LogP contribution in [-0.2, 0) is 11.3 Å². The van der Waals surface area contributed by atoms with E-state index in [4.69, 9.17) is 9.84 Å². The Balaban J connectivity index is 2.51. The van der Waals surface area contributed by atoms with Crippen LogP contribution in [-0.4, -0.2) is 27.7 Å². The molecule has 0 fully saturated rings. The highest BCUT2D eigenvalue weighted by molar-refractivity contribution is 5.88. The fraction of sp³-hybridized carbons (Fsp3) is 0.556. The Morgan fingerprint density at radius 1 is 1.71 bits per heavy atom. The van der Waals surface area contributed by atoms with Gasteiger partial charge in [-0.1, -0.05) is 13.3 Å². The number of nitrogens with zero attached hydrogens (tertiary/aromatic N) is 1. The van der Waals surface area contributed by atoms with Gasteiger partial charge in [-0.15, -0.1) is 0 Å². The van der Waals surface area contributed by atoms with Crippen molar-refractivity contribution < 1.29 is 14.6 Å². The summed E-state index contributed by atoms with van der Waals surface area (Å²) in [4.78, 5) is 17.8. The highest BCUT2D eigenvalue weighted by Crippen LogP contribution is 2.04. The number of ether oxygens (including phenoxy) is 1. The minimum Gasteiger partial charge on any atom is -0.461 e. The zero-order valence-electron chi connectivity index (χ0n) is 8.12. The molecule has 0 aliphatic rings. The summed E-state index contributed by atoms with van der Waals surface area (Å²) >= 11 is 0. The average molecular weight is 198 g/mol. The predicted molar refractivity (Wildman–Crippen MR) is 49.7 cm³/mol. The molecule has 78 valence electrons. The number of aliphatic hydroxyl groups is 1. The molecule has 0 unspecified atom stereocenters. The number of nitrogens with one attached hydrogen (secondary N) is 1. The Morgan fingerprint density at radius 3 is 3.14 bits per heavy atom. The van der Waals surface area contributed by atoms with Crippen molar-refractivity contribution in [3.8, 4) is 0 Å². The van der Waals surface area contributed by atoms with Crippen LogP contribution in [0.3, 0.4) is 0 Å². The van der Waals surface area contributed by atoms with E-state index < -0.39 is 5.97 Å². The molecule has 5 nitrogen and oxygen atoms in total. The molecule has 0 atom stereocenters. The van der Waals surface area contributed by atoms with Gasteiger partial charge in [0.1, 0.15) is 0 Å². The van der Waals surface area contributed by atoms with Gasteiger partial charge >= 0.3 is 5.97 Å². The van der Waals surface area contributed by atoms with Crippen molar-refractivity contribution >= 4 is 5.97 Å². The monoisotopic (exact) mass is 198 g/mol. The van der Waals surface area contributed by atoms with Crippen LogP contribution in [0.4, 0.5) is 0 Å². The Bertz CT molecular complexity index is 296. The van der Waals surface area contributed by atoms with Crippen molar-refractivity contribution in [2.75, 3.05) is 6.61 Å². The van der Waals surface area contributed by atoms with Gasteiger partial charge in [-0.2, -0.15) is 0 Å². The van der Waals surface area contributed by atoms with Crippen LogP contribution in [0, 0.1) is 0 Å². The quantitative estimate of drug-likeness (QED) is 0.543. The molecule has 1 aromatic heterocycles. The maximum Gasteiger partial charge on any atom is 0.358 e. The molecule has 0 radical (unpaired) electrons. The smallest absolute Gasteiger partial charge is 0.358 e. The summed E-state index contributed by atoms with van der Waals surface area (Å²) in [5.41, 5.74) is 0.565. The second kappa shape index (κ2) is 5.39. The lowest BCUT2D eigenvalue weighted by molar-refractivity contribution is 0.0489. The van der Waals surface area contributed by atoms with Gasteiger partial charge in [0.15, 0.2) is 5.69 Å². The van der Waals surface area contributed by atoms with Crippen LogP contribution in [0.15, 0.2) is 6.33 Å². The molecule has 2 N–H and O–H groups in total. The fourth-order valence-electron chi connectivity index (χ4n) is 0.995. The van der Waals surface area contributed by atoms with E-state index in [1.165, 1.54) is 6.33 Å². The van der Waals surface area contributed by atoms with Gasteiger partial charge in [0.05, 0.1) is 25.2 Å². The van der Waals surface area contributed by atoms with Crippen molar-refractivity contribution in [3.63, 3.8) is 0 Å². The van der Waals surface area contributed by atoms with Gasteiger partial charge in [0, 0.05) is 0 Å². The maximum absolute atomic E-state index is 11.3. The maximum atomic E-state index is 11.3. The number of aromatic amines is 1. The van der Waals surface area contributed by atoms with Crippen LogP contribution >= 0.6 is 0 Å². The van der Waals surface area contributed by atoms with Gasteiger partial charge in [-0.3, -0.25) is 0 Å². The largest absolute Gasteiger partial charge is 0.461 e. The van der Waals surface area contributed by atoms with Crippen LogP contribution in [0.1, 0.15) is 35.9 Å². The zero-order valence-corrected chi connectivity index (χ0v) is 8.12. The average Bonchev–Trinajstić information content (AvgIpc) is 2.65. The first-order valence-corrected chi connectivity index (χ1v) is 4.59. The van der Waals surface area contributed by atoms with Gasteiger partial charge < -0.3 is 14.8 Å². The van der Waals surface area contributed by atoms with Gasteiger partial charge in [-0.25, -0.2) is 9.78 Å². The Morgan fingerprint density at radius 2 is 2.50 bits per heavy atom. The second-order valence-electron chi connectivity index (χ2n) is 2.88. The van der Waals surface area contributed by atoms with Crippen molar-refractivity contribution in [3.05, 3.63) is 17.7 Å². The molecule has 0 bridgehead atoms. The standard InChI is InChI=1S/C9H14N2O3/c1-2-3-4-14-9(13)8-7(5-12)10-6-11-8/h6,12H,2-5H2,1H3,(H,10,11). The lowest BCUT2D eigenvalue weighted by Crippen LogP contribution is -2.09. The first kappa shape index (κ1) is 10.7. The number of H-pyrrole nitrogens is 1. The normalized spacial score (nSPS) is 10.1. The summed E-state index contributed by atoms with van der Waals surface area (Å²) in [5.74, 6) is -0.483. The molecule has 0 saturated carbocycles. The third-order valence-electron chi connectivity index (χ3n) is 1.80. The number of aliphatic hydroxyl groups excluding tert-OH is 1. The van der Waals surface area contributed by atoms with Crippen LogP contribution in [0.5, 0.6) is 0 Å². The highest BCUT2D eigenvalue weighted by Gasteiger charge is 2.14. The Kier molecular flexibility index (Phi) is 4.12. The van der Waals surface area contributed by atoms with E-state index in [1.807, 2.05) is 6.92 Å². The van der Waals surface area contributed by atoms with Crippen LogP contribution < -0.4 is 0 Å². The minimum absolute atomic E-state index is 0.170. The van der Waals surface area contributed by atoms with Gasteiger partial charge in [0.2, 0.25) is 0 Å². The van der Waals surface area contributed by atoms with Gasteiger partial charge in [-0.05, 0) is 6.42 Å². The summed E-state index contributed by atoms with van der Waals surface area (Å²) < 4.78 is 4.94. The van der Waals surface area contributed by atoms with E-state index in [9.17, 15) is 4.79 Å². The van der Waals surface area contributed by atoms with Crippen molar-refractivity contribution in [2.24, 2.45) is 0 Å². The molecule has 0 amide bonds. The molecular formula is C9H14N2O3. The SMILES string of the molecule is CCCCOC(=O)c1nc[nH]c1CO. The highest BCUT2D eigenvalue weighted by atomic mass is 16.5. The Hall–Kier alpha value is -1.36. The summed E-state index contributed by atoms with van der Waals surface area (Å²) in [7, 11) is 0. The molecule has 0 spiro atoms. The molecule has 0 aliphatic heterocycles. The lowest BCUT2D eigenvalue weighted by Gasteiger charge is -2.02. The van der Waals surface area contributed by atoms with Gasteiger partial charge in [0.25, 0.3) is 0 Å². The van der Waals surface area contributed by atoms with Crippen molar-refractivity contribution in [1.29, 1.82) is 0 Å². The number of esters is 1. The van der Waals surface area contributed by atoms with E-state index in [1.54, 1.807) is 0 Å². The number of unbranched alkanes of at least 4 members (excludes halogenated alkanes) is 1. The lowest BCUT2D eigenvalue weighted by atomic mass is 10.3. The number of carbonyl (C=O) groups excluding carboxylic acids is 1. The van der Waals surface area contributed by atoms with E-state index in [0.717, 1.165) is 12.8 Å². The number of hydrogen-bond acceptors (Lipinski definition) is 4. The molecule has 0 saturated heterocycles. The van der Waals surface area contributed by atoms with Crippen molar-refractivity contribution in [2.45, 2.75) is 26.4 Å². The summed E-state index contributed by atoms with van der Waals surface area (Å²) in [6.45, 7) is 2.17. The molecular weight excluding hydrogens is 184 g/mol. The molecule has 1 rings (SSSR count). The second-order valence-corrected chi connectivity index (χ2v) is 2.88. The number of imidazole rings is 1. The number of aromatic nitrogens is 2. The van der Waals surface area contributed by atoms with Crippen LogP contribution in [0.2, 0.25) is 0 Å². The topological polar surface area (TPSA) is 75.2 Å². The first-order chi connectivity index (χ1) is 6.79. The minimum atomic E-state index is -0.483. The molecule has 14 heavy (non-hydrogen) atoms. The fourth-order valence-corrected chi connectivity index (χ4v) is 0.995. The molecule has 0 aromatic carbocycles. The third kappa shape index (κ3) is 2.56. The summed E-state index contributed by atoms with van der Waals surface area (Å²) in [5, 5.41) is 8.85. The molecule has 1 heterocycles. The van der Waals surface area contributed by atoms with E-state index >= 15 is 0 Å². The third-order valence-corrected chi connectivity index (χ3v) is 1.80.